The van der Waals surface area contributed by atoms with Crippen LogP contribution < -0.4 is 28.3 Å². The summed E-state index contributed by atoms with van der Waals surface area (Å²) in [5.41, 5.74) is 0. The molecular weight excluding hydrogens is 379 g/mol. The number of ether oxygens (including phenoxy) is 6. The lowest BCUT2D eigenvalue weighted by Crippen LogP contribution is -2.11. The maximum atomic E-state index is 5.65. The van der Waals surface area contributed by atoms with E-state index in [4.69, 9.17) is 37.7 Å². The zero-order valence-corrected chi connectivity index (χ0v) is 17.3. The first kappa shape index (κ1) is 22.5. The zero-order chi connectivity index (χ0) is 20.9. The van der Waals surface area contributed by atoms with E-state index >= 15 is 0 Å². The van der Waals surface area contributed by atoms with E-state index in [1.54, 1.807) is 64.8 Å². The first-order valence-electron chi connectivity index (χ1n) is 9.07. The Morgan fingerprint density at radius 2 is 1.03 bits per heavy atom. The molecule has 0 unspecified atom stereocenters. The Kier molecular flexibility index (Phi) is 9.81. The van der Waals surface area contributed by atoms with Crippen molar-refractivity contribution in [2.24, 2.45) is 0 Å². The standard InChI is InChI=1S/C20H27BO8/c1-22-9-11-26-17-7-5-15(13-19(17)24-3)28-21-29-16-6-8-18(20(14-16)25-4)27-12-10-23-2/h5-8,13-14,21H,9-12H2,1-4H3. The second kappa shape index (κ2) is 12.6. The van der Waals surface area contributed by atoms with Crippen LogP contribution in [0.25, 0.3) is 0 Å². The highest BCUT2D eigenvalue weighted by Gasteiger charge is 2.10. The number of hydrogen-bond acceptors (Lipinski definition) is 8. The fourth-order valence-electron chi connectivity index (χ4n) is 2.35. The SMILES string of the molecule is COCCOc1ccc(OBOc2ccc(OCCOC)c(OC)c2)cc1OC. The number of methoxy groups -OCH3 is 4. The molecule has 0 saturated carbocycles. The van der Waals surface area contributed by atoms with Crippen molar-refractivity contribution in [3.05, 3.63) is 36.4 Å². The monoisotopic (exact) mass is 406 g/mol. The molecule has 8 nitrogen and oxygen atoms in total. The van der Waals surface area contributed by atoms with Gasteiger partial charge in [0.15, 0.2) is 23.0 Å². The summed E-state index contributed by atoms with van der Waals surface area (Å²) in [6.45, 7) is 1.86. The van der Waals surface area contributed by atoms with E-state index in [-0.39, 0.29) is 7.69 Å². The molecule has 2 aromatic carbocycles. The summed E-state index contributed by atoms with van der Waals surface area (Å²) in [5.74, 6) is 3.55. The van der Waals surface area contributed by atoms with Crippen LogP contribution in [0.4, 0.5) is 0 Å². The predicted octanol–water partition coefficient (Wildman–Crippen LogP) is 2.48. The molecule has 0 aliphatic carbocycles. The van der Waals surface area contributed by atoms with Gasteiger partial charge in [-0.1, -0.05) is 0 Å². The van der Waals surface area contributed by atoms with Crippen LogP contribution in [-0.4, -0.2) is 62.6 Å². The van der Waals surface area contributed by atoms with Crippen LogP contribution in [0.5, 0.6) is 34.5 Å². The normalized spacial score (nSPS) is 10.2. The third kappa shape index (κ3) is 7.28. The van der Waals surface area contributed by atoms with Gasteiger partial charge in [0.05, 0.1) is 27.4 Å². The van der Waals surface area contributed by atoms with Gasteiger partial charge in [-0.05, 0) is 24.3 Å². The summed E-state index contributed by atoms with van der Waals surface area (Å²) in [4.78, 5) is 0. The van der Waals surface area contributed by atoms with Gasteiger partial charge in [0.1, 0.15) is 24.7 Å². The summed E-state index contributed by atoms with van der Waals surface area (Å²) >= 11 is 0. The third-order valence-corrected chi connectivity index (χ3v) is 3.81. The first-order valence-corrected chi connectivity index (χ1v) is 9.07. The second-order valence-electron chi connectivity index (χ2n) is 5.71. The van der Waals surface area contributed by atoms with E-state index in [1.807, 2.05) is 0 Å². The van der Waals surface area contributed by atoms with Gasteiger partial charge in [-0.25, -0.2) is 0 Å². The molecule has 9 heteroatoms. The summed E-state index contributed by atoms with van der Waals surface area (Å²) in [6, 6.07) is 10.6. The van der Waals surface area contributed by atoms with Crippen molar-refractivity contribution in [3.63, 3.8) is 0 Å². The van der Waals surface area contributed by atoms with Crippen molar-refractivity contribution in [1.29, 1.82) is 0 Å². The largest absolute Gasteiger partial charge is 0.576 e. The van der Waals surface area contributed by atoms with Crippen molar-refractivity contribution in [2.75, 3.05) is 54.9 Å². The molecule has 0 saturated heterocycles. The van der Waals surface area contributed by atoms with Gasteiger partial charge in [-0.3, -0.25) is 0 Å². The molecule has 29 heavy (non-hydrogen) atoms. The van der Waals surface area contributed by atoms with E-state index in [2.05, 4.69) is 0 Å². The molecule has 2 aromatic rings. The van der Waals surface area contributed by atoms with E-state index in [0.717, 1.165) is 0 Å². The highest BCUT2D eigenvalue weighted by Crippen LogP contribution is 2.32. The minimum absolute atomic E-state index is 0.0140. The number of benzene rings is 2. The maximum absolute atomic E-state index is 5.65. The smallest absolute Gasteiger partial charge is 0.528 e. The Hall–Kier alpha value is -2.78. The predicted molar refractivity (Wildman–Crippen MR) is 109 cm³/mol. The fourth-order valence-corrected chi connectivity index (χ4v) is 2.35. The molecule has 0 aliphatic heterocycles. The van der Waals surface area contributed by atoms with Crippen molar-refractivity contribution in [2.45, 2.75) is 0 Å². The van der Waals surface area contributed by atoms with Crippen LogP contribution in [0.15, 0.2) is 36.4 Å². The number of hydrogen-bond donors (Lipinski definition) is 0. The Morgan fingerprint density at radius 1 is 0.586 bits per heavy atom. The highest BCUT2D eigenvalue weighted by atomic mass is 16.6. The molecule has 0 bridgehead atoms. The Balaban J connectivity index is 1.90. The lowest BCUT2D eigenvalue weighted by molar-refractivity contribution is 0.144. The Morgan fingerprint density at radius 3 is 1.41 bits per heavy atom. The third-order valence-electron chi connectivity index (χ3n) is 3.81. The van der Waals surface area contributed by atoms with Gasteiger partial charge in [0, 0.05) is 26.4 Å². The highest BCUT2D eigenvalue weighted by molar-refractivity contribution is 6.20. The quantitative estimate of drug-likeness (QED) is 0.350. The molecule has 0 amide bonds. The summed E-state index contributed by atoms with van der Waals surface area (Å²) in [6.07, 6.45) is 0. The molecular formula is C20H27BO8. The summed E-state index contributed by atoms with van der Waals surface area (Å²) < 4.78 is 43.1. The van der Waals surface area contributed by atoms with Crippen molar-refractivity contribution < 1.29 is 37.7 Å². The Bertz CT molecular complexity index is 679. The average molecular weight is 406 g/mol. The van der Waals surface area contributed by atoms with Gasteiger partial charge in [-0.15, -0.1) is 0 Å². The van der Waals surface area contributed by atoms with Crippen LogP contribution in [0.2, 0.25) is 0 Å². The molecule has 0 spiro atoms. The van der Waals surface area contributed by atoms with Crippen LogP contribution >= 0.6 is 0 Å². The van der Waals surface area contributed by atoms with Crippen molar-refractivity contribution in [3.8, 4) is 34.5 Å². The molecule has 0 radical (unpaired) electrons. The Labute approximate surface area is 171 Å². The van der Waals surface area contributed by atoms with E-state index in [1.165, 1.54) is 0 Å². The van der Waals surface area contributed by atoms with Crippen LogP contribution in [-0.2, 0) is 9.47 Å². The lowest BCUT2D eigenvalue weighted by Gasteiger charge is -2.14. The fraction of sp³-hybridized carbons (Fsp3) is 0.400. The molecule has 0 heterocycles. The number of rotatable bonds is 14. The zero-order valence-electron chi connectivity index (χ0n) is 17.3. The van der Waals surface area contributed by atoms with E-state index < -0.39 is 0 Å². The maximum Gasteiger partial charge on any atom is 0.576 e. The van der Waals surface area contributed by atoms with Gasteiger partial charge in [-0.2, -0.15) is 0 Å². The molecule has 0 aliphatic rings. The summed E-state index contributed by atoms with van der Waals surface area (Å²) in [7, 11) is 6.40. The molecule has 0 fully saturated rings. The minimum atomic E-state index is 0.0140. The van der Waals surface area contributed by atoms with Crippen molar-refractivity contribution >= 4 is 7.69 Å². The van der Waals surface area contributed by atoms with E-state index in [9.17, 15) is 0 Å². The molecule has 0 N–H and O–H groups in total. The van der Waals surface area contributed by atoms with Crippen LogP contribution in [0, 0.1) is 0 Å². The lowest BCUT2D eigenvalue weighted by atomic mass is 10.2. The van der Waals surface area contributed by atoms with Gasteiger partial charge in [0.25, 0.3) is 0 Å². The first-order chi connectivity index (χ1) is 14.2. The van der Waals surface area contributed by atoms with Crippen LogP contribution in [0.3, 0.4) is 0 Å². The molecule has 0 atom stereocenters. The van der Waals surface area contributed by atoms with Crippen LogP contribution in [0.1, 0.15) is 0 Å². The molecule has 0 aromatic heterocycles. The molecule has 2 rings (SSSR count). The topological polar surface area (TPSA) is 73.8 Å². The second-order valence-corrected chi connectivity index (χ2v) is 5.71. The van der Waals surface area contributed by atoms with E-state index in [0.29, 0.717) is 60.9 Å². The molecule has 158 valence electrons. The summed E-state index contributed by atoms with van der Waals surface area (Å²) in [5, 5.41) is 0. The van der Waals surface area contributed by atoms with Gasteiger partial charge >= 0.3 is 7.69 Å². The van der Waals surface area contributed by atoms with Gasteiger partial charge < -0.3 is 37.7 Å². The van der Waals surface area contributed by atoms with Crippen molar-refractivity contribution in [1.82, 2.24) is 0 Å². The average Bonchev–Trinajstić information content (AvgIpc) is 2.75. The van der Waals surface area contributed by atoms with Gasteiger partial charge in [0.2, 0.25) is 0 Å². The minimum Gasteiger partial charge on any atom is -0.528 e.